The van der Waals surface area contributed by atoms with Gasteiger partial charge in [0, 0.05) is 10.9 Å². The molecule has 3 rings (SSSR count). The number of pyridine rings is 1. The zero-order chi connectivity index (χ0) is 14.8. The largest absolute Gasteiger partial charge is 0.438 e. The summed E-state index contributed by atoms with van der Waals surface area (Å²) in [5.74, 6) is 1.22. The summed E-state index contributed by atoms with van der Waals surface area (Å²) in [5, 5.41) is 10.5. The molecule has 0 saturated heterocycles. The number of aromatic nitrogens is 1. The average molecular weight is 279 g/mol. The molecule has 0 atom stereocenters. The van der Waals surface area contributed by atoms with E-state index in [1.165, 1.54) is 5.56 Å². The molecule has 0 spiro atoms. The summed E-state index contributed by atoms with van der Waals surface area (Å²) >= 11 is 0. The number of benzene rings is 2. The van der Waals surface area contributed by atoms with Crippen molar-refractivity contribution in [2.45, 2.75) is 20.5 Å². The number of hydrogen-bond donors (Lipinski definition) is 1. The lowest BCUT2D eigenvalue weighted by Gasteiger charge is -2.12. The van der Waals surface area contributed by atoms with Gasteiger partial charge in [0.15, 0.2) is 0 Å². The SMILES string of the molecule is Cc1ccc(Oc2nc3ccccc3cc2CO)c(C)c1. The number of aliphatic hydroxyl groups is 1. The summed E-state index contributed by atoms with van der Waals surface area (Å²) in [6, 6.07) is 15.7. The molecule has 1 N–H and O–H groups in total. The maximum Gasteiger partial charge on any atom is 0.225 e. The smallest absolute Gasteiger partial charge is 0.225 e. The highest BCUT2D eigenvalue weighted by atomic mass is 16.5. The van der Waals surface area contributed by atoms with E-state index in [0.29, 0.717) is 11.4 Å². The molecule has 0 aliphatic rings. The fraction of sp³-hybridized carbons (Fsp3) is 0.167. The van der Waals surface area contributed by atoms with Gasteiger partial charge in [0.25, 0.3) is 0 Å². The highest BCUT2D eigenvalue weighted by molar-refractivity contribution is 5.80. The highest BCUT2D eigenvalue weighted by Gasteiger charge is 2.10. The zero-order valence-corrected chi connectivity index (χ0v) is 12.1. The molecule has 1 aromatic heterocycles. The number of aliphatic hydroxyl groups excluding tert-OH is 1. The third kappa shape index (κ3) is 2.73. The van der Waals surface area contributed by atoms with Crippen LogP contribution in [0, 0.1) is 13.8 Å². The summed E-state index contributed by atoms with van der Waals surface area (Å²) in [7, 11) is 0. The highest BCUT2D eigenvalue weighted by Crippen LogP contribution is 2.29. The van der Waals surface area contributed by atoms with Gasteiger partial charge in [-0.05, 0) is 37.6 Å². The summed E-state index contributed by atoms with van der Waals surface area (Å²) < 4.78 is 5.92. The van der Waals surface area contributed by atoms with E-state index in [0.717, 1.165) is 22.2 Å². The molecule has 0 radical (unpaired) electrons. The normalized spacial score (nSPS) is 10.8. The van der Waals surface area contributed by atoms with Gasteiger partial charge in [-0.15, -0.1) is 0 Å². The summed E-state index contributed by atoms with van der Waals surface area (Å²) in [5.41, 5.74) is 3.78. The average Bonchev–Trinajstić information content (AvgIpc) is 2.49. The summed E-state index contributed by atoms with van der Waals surface area (Å²) in [4.78, 5) is 4.52. The zero-order valence-electron chi connectivity index (χ0n) is 12.1. The second-order valence-electron chi connectivity index (χ2n) is 5.17. The first-order chi connectivity index (χ1) is 10.2. The minimum Gasteiger partial charge on any atom is -0.438 e. The summed E-state index contributed by atoms with van der Waals surface area (Å²) in [6.45, 7) is 3.95. The van der Waals surface area contributed by atoms with Crippen molar-refractivity contribution in [2.75, 3.05) is 0 Å². The first kappa shape index (κ1) is 13.6. The predicted octanol–water partition coefficient (Wildman–Crippen LogP) is 4.14. The van der Waals surface area contributed by atoms with Gasteiger partial charge in [-0.1, -0.05) is 35.9 Å². The lowest BCUT2D eigenvalue weighted by molar-refractivity contribution is 0.275. The van der Waals surface area contributed by atoms with Crippen LogP contribution in [0.4, 0.5) is 0 Å². The Balaban J connectivity index is 2.06. The number of rotatable bonds is 3. The van der Waals surface area contributed by atoms with E-state index in [2.05, 4.69) is 11.1 Å². The molecule has 3 nitrogen and oxygen atoms in total. The van der Waals surface area contributed by atoms with Crippen molar-refractivity contribution in [3.05, 3.63) is 65.2 Å². The molecular weight excluding hydrogens is 262 g/mol. The first-order valence-electron chi connectivity index (χ1n) is 6.92. The Bertz CT molecular complexity index is 796. The first-order valence-corrected chi connectivity index (χ1v) is 6.92. The van der Waals surface area contributed by atoms with Gasteiger partial charge in [-0.3, -0.25) is 0 Å². The Labute approximate surface area is 123 Å². The van der Waals surface area contributed by atoms with Gasteiger partial charge in [-0.25, -0.2) is 4.98 Å². The molecule has 0 unspecified atom stereocenters. The Kier molecular flexibility index (Phi) is 3.59. The lowest BCUT2D eigenvalue weighted by atomic mass is 10.1. The summed E-state index contributed by atoms with van der Waals surface area (Å²) in [6.07, 6.45) is 0. The molecule has 1 heterocycles. The number of ether oxygens (including phenoxy) is 1. The second kappa shape index (κ2) is 5.54. The molecule has 0 bridgehead atoms. The van der Waals surface area contributed by atoms with E-state index < -0.39 is 0 Å². The Morgan fingerprint density at radius 2 is 1.86 bits per heavy atom. The van der Waals surface area contributed by atoms with E-state index in [1.54, 1.807) is 0 Å². The van der Waals surface area contributed by atoms with Gasteiger partial charge < -0.3 is 9.84 Å². The van der Waals surface area contributed by atoms with Gasteiger partial charge in [0.1, 0.15) is 5.75 Å². The van der Waals surface area contributed by atoms with Crippen molar-refractivity contribution in [1.82, 2.24) is 4.98 Å². The lowest BCUT2D eigenvalue weighted by Crippen LogP contribution is -1.97. The predicted molar refractivity (Wildman–Crippen MR) is 83.7 cm³/mol. The van der Waals surface area contributed by atoms with Crippen molar-refractivity contribution in [3.8, 4) is 11.6 Å². The molecule has 0 saturated carbocycles. The van der Waals surface area contributed by atoms with Crippen molar-refractivity contribution in [3.63, 3.8) is 0 Å². The Morgan fingerprint density at radius 1 is 1.05 bits per heavy atom. The van der Waals surface area contributed by atoms with Gasteiger partial charge >= 0.3 is 0 Å². The Morgan fingerprint density at radius 3 is 2.62 bits per heavy atom. The second-order valence-corrected chi connectivity index (χ2v) is 5.17. The number of para-hydroxylation sites is 1. The standard InChI is InChI=1S/C18H17NO2/c1-12-7-8-17(13(2)9-12)21-18-15(11-20)10-14-5-3-4-6-16(14)19-18/h3-10,20H,11H2,1-2H3. The molecule has 106 valence electrons. The van der Waals surface area contributed by atoms with Crippen molar-refractivity contribution in [1.29, 1.82) is 0 Å². The number of fused-ring (bicyclic) bond motifs is 1. The Hall–Kier alpha value is -2.39. The number of nitrogens with zero attached hydrogens (tertiary/aromatic N) is 1. The maximum absolute atomic E-state index is 9.55. The van der Waals surface area contributed by atoms with Crippen LogP contribution in [0.15, 0.2) is 48.5 Å². The molecule has 0 amide bonds. The fourth-order valence-electron chi connectivity index (χ4n) is 2.36. The van der Waals surface area contributed by atoms with E-state index >= 15 is 0 Å². The van der Waals surface area contributed by atoms with Crippen LogP contribution < -0.4 is 4.74 Å². The monoisotopic (exact) mass is 279 g/mol. The van der Waals surface area contributed by atoms with Crippen LogP contribution in [-0.4, -0.2) is 10.1 Å². The van der Waals surface area contributed by atoms with E-state index in [1.807, 2.05) is 56.3 Å². The van der Waals surface area contributed by atoms with Crippen LogP contribution in [0.3, 0.4) is 0 Å². The topological polar surface area (TPSA) is 42.4 Å². The van der Waals surface area contributed by atoms with E-state index in [-0.39, 0.29) is 6.61 Å². The van der Waals surface area contributed by atoms with Gasteiger partial charge in [0.05, 0.1) is 12.1 Å². The van der Waals surface area contributed by atoms with E-state index in [4.69, 9.17) is 4.74 Å². The molecular formula is C18H17NO2. The third-order valence-electron chi connectivity index (χ3n) is 3.47. The molecule has 3 aromatic rings. The molecule has 2 aromatic carbocycles. The fourth-order valence-corrected chi connectivity index (χ4v) is 2.36. The van der Waals surface area contributed by atoms with Crippen molar-refractivity contribution >= 4 is 10.9 Å². The maximum atomic E-state index is 9.55. The minimum atomic E-state index is -0.0991. The number of aryl methyl sites for hydroxylation is 2. The quantitative estimate of drug-likeness (QED) is 0.783. The third-order valence-corrected chi connectivity index (χ3v) is 3.47. The number of hydrogen-bond acceptors (Lipinski definition) is 3. The molecule has 0 fully saturated rings. The molecule has 0 aliphatic carbocycles. The van der Waals surface area contributed by atoms with Crippen molar-refractivity contribution < 1.29 is 9.84 Å². The van der Waals surface area contributed by atoms with Crippen LogP contribution in [0.5, 0.6) is 11.6 Å². The van der Waals surface area contributed by atoms with E-state index in [9.17, 15) is 5.11 Å². The molecule has 21 heavy (non-hydrogen) atoms. The molecule has 0 aliphatic heterocycles. The van der Waals surface area contributed by atoms with Crippen LogP contribution >= 0.6 is 0 Å². The van der Waals surface area contributed by atoms with Crippen molar-refractivity contribution in [2.24, 2.45) is 0 Å². The van der Waals surface area contributed by atoms with Gasteiger partial charge in [-0.2, -0.15) is 0 Å². The van der Waals surface area contributed by atoms with Crippen LogP contribution in [-0.2, 0) is 6.61 Å². The molecule has 3 heteroatoms. The minimum absolute atomic E-state index is 0.0991. The van der Waals surface area contributed by atoms with Crippen LogP contribution in [0.2, 0.25) is 0 Å². The van der Waals surface area contributed by atoms with Gasteiger partial charge in [0.2, 0.25) is 5.88 Å². The van der Waals surface area contributed by atoms with Crippen LogP contribution in [0.25, 0.3) is 10.9 Å². The van der Waals surface area contributed by atoms with Crippen LogP contribution in [0.1, 0.15) is 16.7 Å².